The third kappa shape index (κ3) is 6.84. The number of likely N-dealkylation sites (tertiary alicyclic amines) is 1. The first-order valence-electron chi connectivity index (χ1n) is 14.4. The van der Waals surface area contributed by atoms with Crippen molar-refractivity contribution in [2.45, 2.75) is 32.0 Å². The van der Waals surface area contributed by atoms with Gasteiger partial charge in [0.1, 0.15) is 35.8 Å². The molecule has 0 atom stereocenters. The number of rotatable bonds is 12. The molecule has 228 valence electrons. The molecule has 5 aromatic rings. The molecule has 0 bridgehead atoms. The first-order chi connectivity index (χ1) is 21.3. The second-order valence-electron chi connectivity index (χ2n) is 10.9. The first kappa shape index (κ1) is 30.0. The molecule has 4 aromatic carbocycles. The molecule has 0 saturated carbocycles. The summed E-state index contributed by atoms with van der Waals surface area (Å²) in [6, 6.07) is 25.9. The molecule has 6 rings (SSSR count). The molecule has 1 aliphatic heterocycles. The van der Waals surface area contributed by atoms with E-state index in [2.05, 4.69) is 4.90 Å². The summed E-state index contributed by atoms with van der Waals surface area (Å²) < 4.78 is 75.2. The molecule has 0 aliphatic carbocycles. The third-order valence-corrected chi connectivity index (χ3v) is 8.61. The Morgan fingerprint density at radius 3 is 2.34 bits per heavy atom. The van der Waals surface area contributed by atoms with Crippen molar-refractivity contribution in [2.24, 2.45) is 0 Å². The van der Waals surface area contributed by atoms with Gasteiger partial charge in [0.05, 0.1) is 11.6 Å². The summed E-state index contributed by atoms with van der Waals surface area (Å²) in [7, 11) is 0. The first-order valence-corrected chi connectivity index (χ1v) is 15.2. The number of nitrogens with zero attached hydrogens (tertiary/aromatic N) is 1. The smallest absolute Gasteiger partial charge is 0.271 e. The van der Waals surface area contributed by atoms with Gasteiger partial charge in [0.15, 0.2) is 5.75 Å². The van der Waals surface area contributed by atoms with Gasteiger partial charge < -0.3 is 14.2 Å². The van der Waals surface area contributed by atoms with E-state index in [0.29, 0.717) is 40.9 Å². The Bertz CT molecular complexity index is 1710. The summed E-state index contributed by atoms with van der Waals surface area (Å²) in [6.07, 6.45) is 0.565. The van der Waals surface area contributed by atoms with E-state index < -0.39 is 17.3 Å². The number of ether oxygens (including phenoxy) is 3. The Balaban J connectivity index is 1.29. The summed E-state index contributed by atoms with van der Waals surface area (Å²) in [5.41, 5.74) is 0.798. The minimum Gasteiger partial charge on any atom is -0.489 e. The van der Waals surface area contributed by atoms with Crippen LogP contribution in [0.4, 0.5) is 17.6 Å². The molecule has 0 amide bonds. The third-order valence-electron chi connectivity index (χ3n) is 7.44. The maximum Gasteiger partial charge on any atom is 0.271 e. The van der Waals surface area contributed by atoms with Gasteiger partial charge in [-0.05, 0) is 66.6 Å². The van der Waals surface area contributed by atoms with Crippen LogP contribution in [-0.2, 0) is 12.5 Å². The van der Waals surface area contributed by atoms with Gasteiger partial charge in [-0.15, -0.1) is 11.3 Å². The van der Waals surface area contributed by atoms with Gasteiger partial charge in [-0.2, -0.15) is 0 Å². The highest BCUT2D eigenvalue weighted by Gasteiger charge is 2.31. The SMILES string of the molecule is CC(F)(F)c1cc(F)ccc1-c1sc2cc(OCc3ccccc3)ccc2c1Oc1ccc(OC2CN(CCCF)C2)cc1. The summed E-state index contributed by atoms with van der Waals surface area (Å²) >= 11 is 1.28. The van der Waals surface area contributed by atoms with Crippen LogP contribution >= 0.6 is 11.3 Å². The fourth-order valence-corrected chi connectivity index (χ4v) is 6.40. The number of alkyl halides is 3. The van der Waals surface area contributed by atoms with Crippen LogP contribution in [0, 0.1) is 5.82 Å². The summed E-state index contributed by atoms with van der Waals surface area (Å²) in [4.78, 5) is 2.60. The Morgan fingerprint density at radius 1 is 0.886 bits per heavy atom. The van der Waals surface area contributed by atoms with E-state index in [1.54, 1.807) is 24.3 Å². The molecule has 1 saturated heterocycles. The summed E-state index contributed by atoms with van der Waals surface area (Å²) in [5, 5.41) is 0.718. The monoisotopic (exact) mass is 621 g/mol. The van der Waals surface area contributed by atoms with Gasteiger partial charge in [-0.1, -0.05) is 36.4 Å². The number of hydrogen-bond donors (Lipinski definition) is 0. The van der Waals surface area contributed by atoms with Crippen LogP contribution in [-0.4, -0.2) is 37.3 Å². The van der Waals surface area contributed by atoms with E-state index in [1.807, 2.05) is 48.5 Å². The van der Waals surface area contributed by atoms with E-state index in [1.165, 1.54) is 23.5 Å². The zero-order chi connectivity index (χ0) is 30.7. The zero-order valence-corrected chi connectivity index (χ0v) is 24.9. The largest absolute Gasteiger partial charge is 0.489 e. The number of benzene rings is 4. The fourth-order valence-electron chi connectivity index (χ4n) is 5.20. The maximum absolute atomic E-state index is 14.7. The molecule has 1 aliphatic rings. The van der Waals surface area contributed by atoms with E-state index in [0.717, 1.165) is 48.3 Å². The summed E-state index contributed by atoms with van der Waals surface area (Å²) in [6.45, 7) is 3.04. The molecule has 44 heavy (non-hydrogen) atoms. The molecule has 0 spiro atoms. The normalized spacial score (nSPS) is 14.0. The highest BCUT2D eigenvalue weighted by Crippen LogP contribution is 2.50. The van der Waals surface area contributed by atoms with Crippen LogP contribution in [0.2, 0.25) is 0 Å². The van der Waals surface area contributed by atoms with Gasteiger partial charge in [-0.3, -0.25) is 9.29 Å². The summed E-state index contributed by atoms with van der Waals surface area (Å²) in [5.74, 6) is -1.83. The van der Waals surface area contributed by atoms with Crippen molar-refractivity contribution in [2.75, 3.05) is 26.3 Å². The van der Waals surface area contributed by atoms with Crippen molar-refractivity contribution in [1.29, 1.82) is 0 Å². The second kappa shape index (κ2) is 12.9. The molecular formula is C35H31F4NO3S. The predicted octanol–water partition coefficient (Wildman–Crippen LogP) is 9.61. The highest BCUT2D eigenvalue weighted by atomic mass is 32.1. The van der Waals surface area contributed by atoms with Crippen LogP contribution in [0.3, 0.4) is 0 Å². The number of halogens is 4. The predicted molar refractivity (Wildman–Crippen MR) is 166 cm³/mol. The highest BCUT2D eigenvalue weighted by molar-refractivity contribution is 7.22. The number of fused-ring (bicyclic) bond motifs is 1. The van der Waals surface area contributed by atoms with Crippen molar-refractivity contribution < 1.29 is 31.8 Å². The van der Waals surface area contributed by atoms with Crippen molar-refractivity contribution >= 4 is 21.4 Å². The van der Waals surface area contributed by atoms with Gasteiger partial charge in [0.25, 0.3) is 5.92 Å². The lowest BCUT2D eigenvalue weighted by Crippen LogP contribution is -2.53. The maximum atomic E-state index is 14.7. The van der Waals surface area contributed by atoms with E-state index >= 15 is 0 Å². The topological polar surface area (TPSA) is 30.9 Å². The van der Waals surface area contributed by atoms with Crippen molar-refractivity contribution in [1.82, 2.24) is 4.90 Å². The second-order valence-corrected chi connectivity index (χ2v) is 11.9. The van der Waals surface area contributed by atoms with Crippen LogP contribution in [0.1, 0.15) is 24.5 Å². The standard InChI is InChI=1S/C35H31F4NO3S/c1-35(38,39)31-18-24(37)8-14-29(31)34-33(30-15-13-27(19-32(30)44-34)41-22-23-6-3-2-4-7-23)43-26-11-9-25(10-12-26)42-28-20-40(21-28)17-5-16-36/h2-4,6-15,18-19,28H,5,16-17,20-22H2,1H3. The zero-order valence-electron chi connectivity index (χ0n) is 24.1. The van der Waals surface area contributed by atoms with Crippen molar-refractivity contribution in [3.63, 3.8) is 0 Å². The van der Waals surface area contributed by atoms with Gasteiger partial charge in [0, 0.05) is 47.8 Å². The lowest BCUT2D eigenvalue weighted by atomic mass is 10.00. The fraction of sp³-hybridized carbons (Fsp3) is 0.257. The van der Waals surface area contributed by atoms with Crippen LogP contribution in [0.25, 0.3) is 20.5 Å². The lowest BCUT2D eigenvalue weighted by molar-refractivity contribution is 0.0177. The molecule has 0 radical (unpaired) electrons. The quantitative estimate of drug-likeness (QED) is 0.130. The van der Waals surface area contributed by atoms with Crippen molar-refractivity contribution in [3.05, 3.63) is 108 Å². The molecule has 1 fully saturated rings. The molecule has 0 N–H and O–H groups in total. The van der Waals surface area contributed by atoms with Crippen molar-refractivity contribution in [3.8, 4) is 33.4 Å². The lowest BCUT2D eigenvalue weighted by Gasteiger charge is -2.38. The average molecular weight is 622 g/mol. The Labute approximate surface area is 257 Å². The Kier molecular flexibility index (Phi) is 8.77. The molecule has 2 heterocycles. The van der Waals surface area contributed by atoms with Gasteiger partial charge in [0.2, 0.25) is 0 Å². The number of hydrogen-bond acceptors (Lipinski definition) is 5. The molecular weight excluding hydrogens is 590 g/mol. The molecule has 9 heteroatoms. The molecule has 4 nitrogen and oxygen atoms in total. The van der Waals surface area contributed by atoms with E-state index in [4.69, 9.17) is 14.2 Å². The minimum absolute atomic E-state index is 0.0414. The van der Waals surface area contributed by atoms with Crippen LogP contribution in [0.15, 0.2) is 91.0 Å². The molecule has 1 aromatic heterocycles. The van der Waals surface area contributed by atoms with Crippen LogP contribution < -0.4 is 14.2 Å². The molecule has 0 unspecified atom stereocenters. The Hall–Kier alpha value is -4.08. The Morgan fingerprint density at radius 2 is 1.61 bits per heavy atom. The number of thiophene rings is 1. The van der Waals surface area contributed by atoms with E-state index in [9.17, 15) is 17.6 Å². The van der Waals surface area contributed by atoms with E-state index in [-0.39, 0.29) is 18.3 Å². The van der Waals surface area contributed by atoms with Gasteiger partial charge >= 0.3 is 0 Å². The van der Waals surface area contributed by atoms with Crippen LogP contribution in [0.5, 0.6) is 23.0 Å². The van der Waals surface area contributed by atoms with Gasteiger partial charge in [-0.25, -0.2) is 13.2 Å². The minimum atomic E-state index is -3.28. The average Bonchev–Trinajstić information content (AvgIpc) is 3.35.